The highest BCUT2D eigenvalue weighted by Gasteiger charge is 2.28. The van der Waals surface area contributed by atoms with Crippen molar-refractivity contribution in [1.82, 2.24) is 9.13 Å². The van der Waals surface area contributed by atoms with Gasteiger partial charge in [0.25, 0.3) is 5.56 Å². The van der Waals surface area contributed by atoms with Crippen molar-refractivity contribution in [1.29, 1.82) is 0 Å². The number of aromatic nitrogens is 2. The molecule has 0 aliphatic heterocycles. The van der Waals surface area contributed by atoms with Crippen LogP contribution in [0.4, 0.5) is 0 Å². The third-order valence-corrected chi connectivity index (χ3v) is 3.30. The van der Waals surface area contributed by atoms with Gasteiger partial charge in [-0.05, 0) is 25.0 Å². The summed E-state index contributed by atoms with van der Waals surface area (Å²) in [6.45, 7) is 0. The number of para-hydroxylation sites is 1. The molecule has 102 valence electrons. The molecular formula is C14H12N2O4. The molecule has 1 N–H and O–H groups in total. The molecule has 0 bridgehead atoms. The molecular weight excluding hydrogens is 260 g/mol. The van der Waals surface area contributed by atoms with Crippen LogP contribution in [0.3, 0.4) is 0 Å². The predicted octanol–water partition coefficient (Wildman–Crippen LogP) is 1.03. The van der Waals surface area contributed by atoms with Gasteiger partial charge in [0, 0.05) is 12.2 Å². The standard InChI is InChI=1S/C14H12N2O4/c17-12-11(13(18)19)8-15(9-6-7-9)14(20)16(12)10-4-2-1-3-5-10/h1-5,8-9H,6-7H2,(H,18,19). The Morgan fingerprint density at radius 3 is 2.35 bits per heavy atom. The first-order valence-electron chi connectivity index (χ1n) is 6.26. The Kier molecular flexibility index (Phi) is 2.78. The minimum absolute atomic E-state index is 0.00355. The van der Waals surface area contributed by atoms with Crippen molar-refractivity contribution in [3.63, 3.8) is 0 Å². The molecule has 1 heterocycles. The van der Waals surface area contributed by atoms with Crippen molar-refractivity contribution >= 4 is 5.97 Å². The molecule has 1 fully saturated rings. The first kappa shape index (κ1) is 12.4. The summed E-state index contributed by atoms with van der Waals surface area (Å²) in [7, 11) is 0. The van der Waals surface area contributed by atoms with Crippen LogP contribution in [0.25, 0.3) is 5.69 Å². The van der Waals surface area contributed by atoms with Crippen LogP contribution in [0.1, 0.15) is 29.2 Å². The van der Waals surface area contributed by atoms with Gasteiger partial charge in [0.15, 0.2) is 0 Å². The number of carboxylic acid groups (broad SMARTS) is 1. The van der Waals surface area contributed by atoms with E-state index in [1.165, 1.54) is 4.57 Å². The quantitative estimate of drug-likeness (QED) is 0.904. The summed E-state index contributed by atoms with van der Waals surface area (Å²) >= 11 is 0. The Morgan fingerprint density at radius 1 is 1.15 bits per heavy atom. The molecule has 1 aromatic carbocycles. The lowest BCUT2D eigenvalue weighted by molar-refractivity contribution is 0.0693. The van der Waals surface area contributed by atoms with Gasteiger partial charge in [-0.2, -0.15) is 0 Å². The van der Waals surface area contributed by atoms with Crippen molar-refractivity contribution in [2.45, 2.75) is 18.9 Å². The molecule has 0 radical (unpaired) electrons. The zero-order valence-corrected chi connectivity index (χ0v) is 10.5. The molecule has 1 aliphatic carbocycles. The van der Waals surface area contributed by atoms with Crippen LogP contribution < -0.4 is 11.2 Å². The third-order valence-electron chi connectivity index (χ3n) is 3.30. The average Bonchev–Trinajstić information content (AvgIpc) is 3.24. The highest BCUT2D eigenvalue weighted by molar-refractivity contribution is 5.86. The number of aromatic carboxylic acids is 1. The summed E-state index contributed by atoms with van der Waals surface area (Å²) in [6.07, 6.45) is 2.81. The highest BCUT2D eigenvalue weighted by atomic mass is 16.4. The molecule has 6 heteroatoms. The van der Waals surface area contributed by atoms with Crippen molar-refractivity contribution in [2.24, 2.45) is 0 Å². The van der Waals surface area contributed by atoms with Crippen LogP contribution in [0.2, 0.25) is 0 Å². The SMILES string of the molecule is O=C(O)c1cn(C2CC2)c(=O)n(-c2ccccc2)c1=O. The Morgan fingerprint density at radius 2 is 1.80 bits per heavy atom. The van der Waals surface area contributed by atoms with Crippen LogP contribution in [0, 0.1) is 0 Å². The maximum absolute atomic E-state index is 12.4. The van der Waals surface area contributed by atoms with Crippen LogP contribution >= 0.6 is 0 Å². The molecule has 0 amide bonds. The predicted molar refractivity (Wildman–Crippen MR) is 71.5 cm³/mol. The van der Waals surface area contributed by atoms with E-state index in [9.17, 15) is 14.4 Å². The molecule has 1 aliphatic rings. The second kappa shape index (κ2) is 4.48. The Hall–Kier alpha value is -2.63. The zero-order valence-electron chi connectivity index (χ0n) is 10.5. The topological polar surface area (TPSA) is 81.3 Å². The largest absolute Gasteiger partial charge is 0.477 e. The Bertz CT molecular complexity index is 785. The number of carboxylic acids is 1. The Labute approximate surface area is 113 Å². The van der Waals surface area contributed by atoms with E-state index in [4.69, 9.17) is 5.11 Å². The number of carbonyl (C=O) groups is 1. The number of hydrogen-bond acceptors (Lipinski definition) is 3. The fourth-order valence-electron chi connectivity index (χ4n) is 2.14. The fraction of sp³-hybridized carbons (Fsp3) is 0.214. The van der Waals surface area contributed by atoms with Crippen molar-refractivity contribution < 1.29 is 9.90 Å². The van der Waals surface area contributed by atoms with E-state index in [1.807, 2.05) is 0 Å². The van der Waals surface area contributed by atoms with Gasteiger partial charge in [0.05, 0.1) is 5.69 Å². The second-order valence-corrected chi connectivity index (χ2v) is 4.75. The van der Waals surface area contributed by atoms with Gasteiger partial charge >= 0.3 is 11.7 Å². The van der Waals surface area contributed by atoms with E-state index >= 15 is 0 Å². The maximum atomic E-state index is 12.4. The number of rotatable bonds is 3. The van der Waals surface area contributed by atoms with Crippen LogP contribution in [-0.4, -0.2) is 20.2 Å². The smallest absolute Gasteiger partial charge is 0.342 e. The molecule has 1 aromatic heterocycles. The molecule has 20 heavy (non-hydrogen) atoms. The van der Waals surface area contributed by atoms with E-state index in [0.29, 0.717) is 5.69 Å². The molecule has 1 saturated carbocycles. The van der Waals surface area contributed by atoms with Crippen molar-refractivity contribution in [2.75, 3.05) is 0 Å². The summed E-state index contributed by atoms with van der Waals surface area (Å²) in [6, 6.07) is 8.34. The summed E-state index contributed by atoms with van der Waals surface area (Å²) in [5.74, 6) is -1.32. The van der Waals surface area contributed by atoms with E-state index < -0.39 is 17.2 Å². The van der Waals surface area contributed by atoms with Gasteiger partial charge in [-0.15, -0.1) is 0 Å². The normalized spacial score (nSPS) is 14.2. The van der Waals surface area contributed by atoms with Gasteiger partial charge in [-0.1, -0.05) is 18.2 Å². The summed E-state index contributed by atoms with van der Waals surface area (Å²) in [4.78, 5) is 35.8. The molecule has 0 atom stereocenters. The summed E-state index contributed by atoms with van der Waals surface area (Å²) in [5.41, 5.74) is -1.31. The number of benzene rings is 1. The fourth-order valence-corrected chi connectivity index (χ4v) is 2.14. The van der Waals surface area contributed by atoms with E-state index in [-0.39, 0.29) is 11.6 Å². The first-order valence-corrected chi connectivity index (χ1v) is 6.26. The van der Waals surface area contributed by atoms with Crippen LogP contribution in [0.5, 0.6) is 0 Å². The molecule has 6 nitrogen and oxygen atoms in total. The summed E-state index contributed by atoms with van der Waals surface area (Å²) in [5, 5.41) is 9.13. The lowest BCUT2D eigenvalue weighted by Crippen LogP contribution is -2.41. The minimum atomic E-state index is -1.32. The highest BCUT2D eigenvalue weighted by Crippen LogP contribution is 2.33. The minimum Gasteiger partial charge on any atom is -0.477 e. The van der Waals surface area contributed by atoms with E-state index in [1.54, 1.807) is 30.3 Å². The average molecular weight is 272 g/mol. The van der Waals surface area contributed by atoms with Gasteiger partial charge in [-0.25, -0.2) is 14.2 Å². The van der Waals surface area contributed by atoms with Gasteiger partial charge in [-0.3, -0.25) is 9.36 Å². The molecule has 3 rings (SSSR count). The van der Waals surface area contributed by atoms with Gasteiger partial charge in [0.1, 0.15) is 5.56 Å². The number of nitrogens with zero attached hydrogens (tertiary/aromatic N) is 2. The van der Waals surface area contributed by atoms with Gasteiger partial charge < -0.3 is 5.11 Å². The van der Waals surface area contributed by atoms with E-state index in [2.05, 4.69) is 0 Å². The van der Waals surface area contributed by atoms with E-state index in [0.717, 1.165) is 23.6 Å². The van der Waals surface area contributed by atoms with Crippen molar-refractivity contribution in [3.05, 3.63) is 62.9 Å². The molecule has 0 unspecified atom stereocenters. The monoisotopic (exact) mass is 272 g/mol. The van der Waals surface area contributed by atoms with Gasteiger partial charge in [0.2, 0.25) is 0 Å². The maximum Gasteiger partial charge on any atom is 0.342 e. The first-order chi connectivity index (χ1) is 9.59. The Balaban J connectivity index is 2.35. The molecule has 0 spiro atoms. The second-order valence-electron chi connectivity index (χ2n) is 4.75. The van der Waals surface area contributed by atoms with Crippen LogP contribution in [0.15, 0.2) is 46.1 Å². The lowest BCUT2D eigenvalue weighted by Gasteiger charge is -2.10. The summed E-state index contributed by atoms with van der Waals surface area (Å²) < 4.78 is 2.26. The van der Waals surface area contributed by atoms with Crippen molar-refractivity contribution in [3.8, 4) is 5.69 Å². The molecule has 0 saturated heterocycles. The van der Waals surface area contributed by atoms with Crippen LogP contribution in [-0.2, 0) is 0 Å². The number of hydrogen-bond donors (Lipinski definition) is 1. The molecule has 2 aromatic rings. The zero-order chi connectivity index (χ0) is 14.3. The third kappa shape index (κ3) is 1.95. The lowest BCUT2D eigenvalue weighted by atomic mass is 10.3.